The fraction of sp³-hybridized carbons (Fsp3) is 0.409. The van der Waals surface area contributed by atoms with Gasteiger partial charge in [0.05, 0.1) is 0 Å². The summed E-state index contributed by atoms with van der Waals surface area (Å²) in [6.45, 7) is 8.40. The van der Waals surface area contributed by atoms with Crippen molar-refractivity contribution in [3.8, 4) is 5.75 Å². The van der Waals surface area contributed by atoms with Crippen molar-refractivity contribution in [3.63, 3.8) is 0 Å². The number of ether oxygens (including phenoxy) is 1. The van der Waals surface area contributed by atoms with Crippen molar-refractivity contribution in [2.24, 2.45) is 0 Å². The highest BCUT2D eigenvalue weighted by atomic mass is 35.5. The third-order valence-electron chi connectivity index (χ3n) is 5.08. The molecule has 2 aromatic carbocycles. The van der Waals surface area contributed by atoms with Crippen molar-refractivity contribution in [2.75, 3.05) is 38.1 Å². The van der Waals surface area contributed by atoms with E-state index in [-0.39, 0.29) is 5.91 Å². The highest BCUT2D eigenvalue weighted by molar-refractivity contribution is 6.31. The molecule has 0 aliphatic carbocycles. The Hall–Kier alpha value is -2.24. The van der Waals surface area contributed by atoms with Crippen LogP contribution in [-0.2, 0) is 11.3 Å². The van der Waals surface area contributed by atoms with Crippen LogP contribution in [0.25, 0.3) is 0 Å². The smallest absolute Gasteiger partial charge is 0.261 e. The third kappa shape index (κ3) is 5.40. The Kier molecular flexibility index (Phi) is 6.81. The monoisotopic (exact) mass is 401 g/mol. The van der Waals surface area contributed by atoms with Crippen LogP contribution in [0.2, 0.25) is 5.02 Å². The zero-order valence-electron chi connectivity index (χ0n) is 16.7. The second kappa shape index (κ2) is 9.30. The van der Waals surface area contributed by atoms with E-state index in [4.69, 9.17) is 16.3 Å². The van der Waals surface area contributed by atoms with E-state index in [0.29, 0.717) is 17.3 Å². The summed E-state index contributed by atoms with van der Waals surface area (Å²) in [4.78, 5) is 17.1. The number of hydrogen-bond donors (Lipinski definition) is 1. The van der Waals surface area contributed by atoms with E-state index in [0.717, 1.165) is 37.3 Å². The number of anilines is 1. The van der Waals surface area contributed by atoms with E-state index in [1.54, 1.807) is 19.1 Å². The molecule has 6 heteroatoms. The van der Waals surface area contributed by atoms with Gasteiger partial charge in [0.1, 0.15) is 5.75 Å². The lowest BCUT2D eigenvalue weighted by Crippen LogP contribution is -2.44. The highest BCUT2D eigenvalue weighted by Gasteiger charge is 2.16. The van der Waals surface area contributed by atoms with E-state index in [2.05, 4.69) is 46.4 Å². The maximum Gasteiger partial charge on any atom is 0.261 e. The molecule has 5 nitrogen and oxygen atoms in total. The number of carbonyl (C=O) groups excluding carboxylic acids is 1. The molecule has 0 radical (unpaired) electrons. The summed E-state index contributed by atoms with van der Waals surface area (Å²) >= 11 is 6.02. The molecular weight excluding hydrogens is 374 g/mol. The van der Waals surface area contributed by atoms with Gasteiger partial charge in [0.2, 0.25) is 0 Å². The number of likely N-dealkylation sites (N-methyl/N-ethyl adjacent to an activating group) is 1. The Morgan fingerprint density at radius 1 is 1.14 bits per heavy atom. The molecule has 1 saturated heterocycles. The summed E-state index contributed by atoms with van der Waals surface area (Å²) < 4.78 is 5.73. The lowest BCUT2D eigenvalue weighted by atomic mass is 10.1. The fourth-order valence-electron chi connectivity index (χ4n) is 3.17. The molecule has 1 aliphatic heterocycles. The van der Waals surface area contributed by atoms with Crippen LogP contribution in [0.5, 0.6) is 5.75 Å². The van der Waals surface area contributed by atoms with Crippen molar-refractivity contribution >= 4 is 23.2 Å². The van der Waals surface area contributed by atoms with Crippen LogP contribution in [0.15, 0.2) is 42.5 Å². The topological polar surface area (TPSA) is 44.8 Å². The lowest BCUT2D eigenvalue weighted by Gasteiger charge is -2.34. The molecule has 0 bridgehead atoms. The van der Waals surface area contributed by atoms with E-state index < -0.39 is 6.10 Å². The minimum absolute atomic E-state index is 0.143. The predicted molar refractivity (Wildman–Crippen MR) is 114 cm³/mol. The maximum absolute atomic E-state index is 12.3. The van der Waals surface area contributed by atoms with Crippen LogP contribution in [0.3, 0.4) is 0 Å². The Labute approximate surface area is 172 Å². The molecule has 0 saturated carbocycles. The molecule has 0 aromatic heterocycles. The maximum atomic E-state index is 12.3. The molecule has 1 amide bonds. The first kappa shape index (κ1) is 20.5. The summed E-state index contributed by atoms with van der Waals surface area (Å²) in [6.07, 6.45) is -0.579. The number of rotatable bonds is 6. The van der Waals surface area contributed by atoms with Crippen LogP contribution < -0.4 is 15.0 Å². The van der Waals surface area contributed by atoms with Gasteiger partial charge in [-0.1, -0.05) is 23.7 Å². The molecule has 1 heterocycles. The Morgan fingerprint density at radius 2 is 1.82 bits per heavy atom. The molecule has 1 N–H and O–H groups in total. The van der Waals surface area contributed by atoms with Crippen LogP contribution in [0.4, 0.5) is 5.69 Å². The summed E-state index contributed by atoms with van der Waals surface area (Å²) in [5, 5.41) is 3.62. The highest BCUT2D eigenvalue weighted by Crippen LogP contribution is 2.22. The first-order valence-corrected chi connectivity index (χ1v) is 10.0. The summed E-state index contributed by atoms with van der Waals surface area (Å²) in [5.74, 6) is 0.497. The number of amides is 1. The van der Waals surface area contributed by atoms with Gasteiger partial charge in [-0.3, -0.25) is 4.79 Å². The van der Waals surface area contributed by atoms with Crippen LogP contribution in [0, 0.1) is 6.92 Å². The van der Waals surface area contributed by atoms with Crippen LogP contribution >= 0.6 is 11.6 Å². The molecule has 28 heavy (non-hydrogen) atoms. The zero-order chi connectivity index (χ0) is 20.1. The van der Waals surface area contributed by atoms with Gasteiger partial charge in [0.25, 0.3) is 5.91 Å². The van der Waals surface area contributed by atoms with Gasteiger partial charge in [-0.25, -0.2) is 0 Å². The number of hydrogen-bond acceptors (Lipinski definition) is 4. The normalized spacial score (nSPS) is 15.9. The van der Waals surface area contributed by atoms with Gasteiger partial charge in [0, 0.05) is 43.4 Å². The molecule has 2 aromatic rings. The average molecular weight is 402 g/mol. The van der Waals surface area contributed by atoms with E-state index in [9.17, 15) is 4.79 Å². The largest absolute Gasteiger partial charge is 0.481 e. The Balaban J connectivity index is 1.49. The minimum Gasteiger partial charge on any atom is -0.481 e. The molecule has 3 rings (SSSR count). The second-order valence-corrected chi connectivity index (χ2v) is 7.75. The molecule has 1 aliphatic rings. The van der Waals surface area contributed by atoms with Crippen molar-refractivity contribution in [1.82, 2.24) is 10.2 Å². The molecule has 150 valence electrons. The molecule has 1 fully saturated rings. The Bertz CT molecular complexity index is 802. The standard InChI is InChI=1S/C22H28ClN3O2/c1-16-14-20(8-9-21(16)23)28-17(2)22(27)24-15-18-4-6-19(7-5-18)26-12-10-25(3)11-13-26/h4-9,14,17H,10-13,15H2,1-3H3,(H,24,27)/t17-/m0/s1. The number of nitrogens with zero attached hydrogens (tertiary/aromatic N) is 2. The summed E-state index contributed by atoms with van der Waals surface area (Å²) in [7, 11) is 2.15. The first-order chi connectivity index (χ1) is 13.4. The predicted octanol–water partition coefficient (Wildman–Crippen LogP) is 3.48. The van der Waals surface area contributed by atoms with Gasteiger partial charge in [-0.15, -0.1) is 0 Å². The number of benzene rings is 2. The van der Waals surface area contributed by atoms with Crippen molar-refractivity contribution in [2.45, 2.75) is 26.5 Å². The molecule has 0 unspecified atom stereocenters. The first-order valence-electron chi connectivity index (χ1n) is 9.65. The Morgan fingerprint density at radius 3 is 2.46 bits per heavy atom. The number of aryl methyl sites for hydroxylation is 1. The SMILES string of the molecule is Cc1cc(O[C@@H](C)C(=O)NCc2ccc(N3CCN(C)CC3)cc2)ccc1Cl. The van der Waals surface area contributed by atoms with E-state index >= 15 is 0 Å². The van der Waals surface area contributed by atoms with Crippen molar-refractivity contribution in [3.05, 3.63) is 58.6 Å². The number of carbonyl (C=O) groups is 1. The average Bonchev–Trinajstić information content (AvgIpc) is 2.70. The van der Waals surface area contributed by atoms with Gasteiger partial charge < -0.3 is 19.9 Å². The van der Waals surface area contributed by atoms with Gasteiger partial charge in [0.15, 0.2) is 6.10 Å². The summed E-state index contributed by atoms with van der Waals surface area (Å²) in [5.41, 5.74) is 3.23. The van der Waals surface area contributed by atoms with Gasteiger partial charge in [-0.2, -0.15) is 0 Å². The number of halogens is 1. The second-order valence-electron chi connectivity index (χ2n) is 7.35. The number of nitrogens with one attached hydrogen (secondary N) is 1. The van der Waals surface area contributed by atoms with Crippen LogP contribution in [0.1, 0.15) is 18.1 Å². The summed E-state index contributed by atoms with van der Waals surface area (Å²) in [6, 6.07) is 13.8. The number of piperazine rings is 1. The van der Waals surface area contributed by atoms with Crippen molar-refractivity contribution < 1.29 is 9.53 Å². The quantitative estimate of drug-likeness (QED) is 0.804. The van der Waals surface area contributed by atoms with E-state index in [1.165, 1.54) is 5.69 Å². The molecule has 0 spiro atoms. The molecular formula is C22H28ClN3O2. The molecule has 1 atom stereocenters. The third-order valence-corrected chi connectivity index (χ3v) is 5.51. The van der Waals surface area contributed by atoms with Crippen LogP contribution in [-0.4, -0.2) is 50.1 Å². The fourth-order valence-corrected chi connectivity index (χ4v) is 3.29. The van der Waals surface area contributed by atoms with Gasteiger partial charge >= 0.3 is 0 Å². The van der Waals surface area contributed by atoms with Crippen molar-refractivity contribution in [1.29, 1.82) is 0 Å². The van der Waals surface area contributed by atoms with E-state index in [1.807, 2.05) is 13.0 Å². The zero-order valence-corrected chi connectivity index (χ0v) is 17.5. The van der Waals surface area contributed by atoms with Gasteiger partial charge in [-0.05, 0) is 62.4 Å². The lowest BCUT2D eigenvalue weighted by molar-refractivity contribution is -0.127. The minimum atomic E-state index is -0.579.